The summed E-state index contributed by atoms with van der Waals surface area (Å²) in [6.07, 6.45) is 1.04. The summed E-state index contributed by atoms with van der Waals surface area (Å²) in [5, 5.41) is 3.35. The lowest BCUT2D eigenvalue weighted by molar-refractivity contribution is 0.403. The Labute approximate surface area is 93.4 Å². The van der Waals surface area contributed by atoms with E-state index in [0.29, 0.717) is 11.7 Å². The number of nitrogens with one attached hydrogen (secondary N) is 1. The van der Waals surface area contributed by atoms with E-state index in [1.165, 1.54) is 13.2 Å². The number of ether oxygens (including phenoxy) is 1. The molecular formula is C11H13ClFNO. The molecule has 2 nitrogen and oxygen atoms in total. The Balaban J connectivity index is 2.41. The van der Waals surface area contributed by atoms with Crippen LogP contribution in [0.25, 0.3) is 0 Å². The number of rotatable bonds is 2. The van der Waals surface area contributed by atoms with Crippen molar-refractivity contribution >= 4 is 11.6 Å². The second-order valence-electron chi connectivity index (χ2n) is 3.67. The Bertz CT molecular complexity index is 364. The van der Waals surface area contributed by atoms with Crippen LogP contribution in [-0.2, 0) is 0 Å². The molecule has 4 heteroatoms. The third-order valence-corrected chi connectivity index (χ3v) is 3.14. The van der Waals surface area contributed by atoms with E-state index < -0.39 is 5.82 Å². The van der Waals surface area contributed by atoms with Crippen LogP contribution in [0.5, 0.6) is 5.75 Å². The van der Waals surface area contributed by atoms with E-state index in [1.807, 2.05) is 0 Å². The molecular weight excluding hydrogens is 217 g/mol. The van der Waals surface area contributed by atoms with Crippen molar-refractivity contribution in [3.05, 3.63) is 28.5 Å². The monoisotopic (exact) mass is 229 g/mol. The van der Waals surface area contributed by atoms with Gasteiger partial charge >= 0.3 is 0 Å². The summed E-state index contributed by atoms with van der Waals surface area (Å²) in [5.74, 6) is 0.423. The van der Waals surface area contributed by atoms with E-state index in [4.69, 9.17) is 16.3 Å². The average Bonchev–Trinajstić information content (AvgIpc) is 2.75. The molecule has 1 fully saturated rings. The van der Waals surface area contributed by atoms with Gasteiger partial charge in [-0.25, -0.2) is 4.39 Å². The third-order valence-electron chi connectivity index (χ3n) is 2.78. The molecule has 1 aromatic carbocycles. The van der Waals surface area contributed by atoms with Crippen LogP contribution in [0.4, 0.5) is 4.39 Å². The molecule has 0 spiro atoms. The minimum absolute atomic E-state index is 0.0851. The van der Waals surface area contributed by atoms with Gasteiger partial charge in [0, 0.05) is 18.0 Å². The SMILES string of the molecule is COc1c(C2CCNC2)ccc(F)c1Cl. The quantitative estimate of drug-likeness (QED) is 0.842. The summed E-state index contributed by atoms with van der Waals surface area (Å²) in [7, 11) is 1.52. The van der Waals surface area contributed by atoms with E-state index in [2.05, 4.69) is 5.32 Å². The summed E-state index contributed by atoms with van der Waals surface area (Å²) < 4.78 is 18.4. The molecule has 0 radical (unpaired) electrons. The Morgan fingerprint density at radius 2 is 2.33 bits per heavy atom. The number of hydrogen-bond acceptors (Lipinski definition) is 2. The highest BCUT2D eigenvalue weighted by Crippen LogP contribution is 2.37. The summed E-state index contributed by atoms with van der Waals surface area (Å²) in [6, 6.07) is 3.16. The molecule has 82 valence electrons. The first-order chi connectivity index (χ1) is 7.24. The number of benzene rings is 1. The maximum atomic E-state index is 13.2. The van der Waals surface area contributed by atoms with Crippen LogP contribution >= 0.6 is 11.6 Å². The van der Waals surface area contributed by atoms with Gasteiger partial charge in [0.15, 0.2) is 0 Å². The van der Waals surface area contributed by atoms with Crippen LogP contribution in [-0.4, -0.2) is 20.2 Å². The van der Waals surface area contributed by atoms with Gasteiger partial charge in [0.25, 0.3) is 0 Å². The summed E-state index contributed by atoms with van der Waals surface area (Å²) in [6.45, 7) is 1.89. The summed E-state index contributed by atoms with van der Waals surface area (Å²) in [4.78, 5) is 0. The Morgan fingerprint density at radius 3 is 2.93 bits per heavy atom. The van der Waals surface area contributed by atoms with E-state index >= 15 is 0 Å². The van der Waals surface area contributed by atoms with E-state index in [9.17, 15) is 4.39 Å². The molecule has 1 heterocycles. The molecule has 0 aliphatic carbocycles. The fourth-order valence-electron chi connectivity index (χ4n) is 2.00. The molecule has 1 aliphatic heterocycles. The molecule has 15 heavy (non-hydrogen) atoms. The Hall–Kier alpha value is -0.800. The molecule has 1 saturated heterocycles. The second-order valence-corrected chi connectivity index (χ2v) is 4.05. The van der Waals surface area contributed by atoms with Crippen molar-refractivity contribution in [2.24, 2.45) is 0 Å². The van der Waals surface area contributed by atoms with E-state index in [1.54, 1.807) is 6.07 Å². The van der Waals surface area contributed by atoms with Crippen molar-refractivity contribution in [2.75, 3.05) is 20.2 Å². The zero-order valence-electron chi connectivity index (χ0n) is 8.52. The topological polar surface area (TPSA) is 21.3 Å². The molecule has 1 atom stereocenters. The van der Waals surface area contributed by atoms with Crippen LogP contribution in [0, 0.1) is 5.82 Å². The van der Waals surface area contributed by atoms with Crippen molar-refractivity contribution in [3.8, 4) is 5.75 Å². The minimum Gasteiger partial charge on any atom is -0.495 e. The third kappa shape index (κ3) is 1.94. The lowest BCUT2D eigenvalue weighted by Gasteiger charge is -2.15. The number of hydrogen-bond donors (Lipinski definition) is 1. The van der Waals surface area contributed by atoms with Crippen LogP contribution < -0.4 is 10.1 Å². The van der Waals surface area contributed by atoms with Gasteiger partial charge in [-0.15, -0.1) is 0 Å². The van der Waals surface area contributed by atoms with Gasteiger partial charge in [0.05, 0.1) is 7.11 Å². The molecule has 1 aliphatic rings. The van der Waals surface area contributed by atoms with Gasteiger partial charge in [-0.3, -0.25) is 0 Å². The van der Waals surface area contributed by atoms with Crippen molar-refractivity contribution in [2.45, 2.75) is 12.3 Å². The second kappa shape index (κ2) is 4.37. The lowest BCUT2D eigenvalue weighted by atomic mass is 9.97. The first-order valence-corrected chi connectivity index (χ1v) is 5.34. The highest BCUT2D eigenvalue weighted by Gasteiger charge is 2.22. The predicted molar refractivity (Wildman–Crippen MR) is 58.2 cm³/mol. The minimum atomic E-state index is -0.428. The summed E-state index contributed by atoms with van der Waals surface area (Å²) >= 11 is 5.86. The molecule has 1 N–H and O–H groups in total. The van der Waals surface area contributed by atoms with Crippen molar-refractivity contribution in [1.82, 2.24) is 5.32 Å². The van der Waals surface area contributed by atoms with Crippen LogP contribution in [0.15, 0.2) is 12.1 Å². The standard InChI is InChI=1S/C11H13ClFNO/c1-15-11-8(7-4-5-14-6-7)2-3-9(13)10(11)12/h2-3,7,14H,4-6H2,1H3. The molecule has 1 unspecified atom stereocenters. The zero-order valence-corrected chi connectivity index (χ0v) is 9.27. The molecule has 2 rings (SSSR count). The van der Waals surface area contributed by atoms with Gasteiger partial charge < -0.3 is 10.1 Å². The normalized spacial score (nSPS) is 20.6. The van der Waals surface area contributed by atoms with Gasteiger partial charge in [-0.2, -0.15) is 0 Å². The number of halogens is 2. The van der Waals surface area contributed by atoms with Crippen LogP contribution in [0.1, 0.15) is 17.9 Å². The maximum Gasteiger partial charge on any atom is 0.145 e. The van der Waals surface area contributed by atoms with E-state index in [-0.39, 0.29) is 5.02 Å². The number of methoxy groups -OCH3 is 1. The molecule has 1 aromatic rings. The highest BCUT2D eigenvalue weighted by molar-refractivity contribution is 6.32. The van der Waals surface area contributed by atoms with Gasteiger partial charge in [-0.1, -0.05) is 17.7 Å². The van der Waals surface area contributed by atoms with Crippen LogP contribution in [0.2, 0.25) is 5.02 Å². The first-order valence-electron chi connectivity index (χ1n) is 4.96. The molecule has 0 bridgehead atoms. The van der Waals surface area contributed by atoms with Crippen molar-refractivity contribution in [1.29, 1.82) is 0 Å². The maximum absolute atomic E-state index is 13.2. The molecule has 0 aromatic heterocycles. The van der Waals surface area contributed by atoms with Crippen molar-refractivity contribution in [3.63, 3.8) is 0 Å². The largest absolute Gasteiger partial charge is 0.495 e. The lowest BCUT2D eigenvalue weighted by Crippen LogP contribution is -2.09. The molecule has 0 amide bonds. The average molecular weight is 230 g/mol. The van der Waals surface area contributed by atoms with Gasteiger partial charge in [-0.05, 0) is 19.0 Å². The molecule has 0 saturated carbocycles. The predicted octanol–water partition coefficient (Wildman–Crippen LogP) is 2.56. The fourth-order valence-corrected chi connectivity index (χ4v) is 2.25. The first kappa shape index (κ1) is 10.7. The van der Waals surface area contributed by atoms with E-state index in [0.717, 1.165) is 25.1 Å². The fraction of sp³-hybridized carbons (Fsp3) is 0.455. The van der Waals surface area contributed by atoms with Crippen molar-refractivity contribution < 1.29 is 9.13 Å². The highest BCUT2D eigenvalue weighted by atomic mass is 35.5. The van der Waals surface area contributed by atoms with Gasteiger partial charge in [0.1, 0.15) is 16.6 Å². The smallest absolute Gasteiger partial charge is 0.145 e. The van der Waals surface area contributed by atoms with Crippen LogP contribution in [0.3, 0.4) is 0 Å². The Morgan fingerprint density at radius 1 is 1.53 bits per heavy atom. The zero-order chi connectivity index (χ0) is 10.8. The summed E-state index contributed by atoms with van der Waals surface area (Å²) in [5.41, 5.74) is 0.994. The Kier molecular flexibility index (Phi) is 3.12. The van der Waals surface area contributed by atoms with Gasteiger partial charge in [0.2, 0.25) is 0 Å².